The van der Waals surface area contributed by atoms with Crippen molar-refractivity contribution in [2.45, 2.75) is 116 Å². The lowest BCUT2D eigenvalue weighted by Gasteiger charge is -2.29. The van der Waals surface area contributed by atoms with E-state index in [4.69, 9.17) is 9.72 Å². The van der Waals surface area contributed by atoms with Gasteiger partial charge in [-0.3, -0.25) is 4.79 Å². The maximum Gasteiger partial charge on any atom is 0.407 e. The van der Waals surface area contributed by atoms with Gasteiger partial charge in [-0.1, -0.05) is 31.7 Å². The van der Waals surface area contributed by atoms with Gasteiger partial charge in [-0.2, -0.15) is 0 Å². The second-order valence-electron chi connectivity index (χ2n) is 12.1. The second-order valence-corrected chi connectivity index (χ2v) is 12.1. The van der Waals surface area contributed by atoms with Crippen LogP contribution in [0, 0.1) is 11.8 Å². The fourth-order valence-electron chi connectivity index (χ4n) is 5.41. The molecule has 4 N–H and O–H groups in total. The standard InChI is InChI=1S/C30H48N4O5/c1-30(2,3)39-29(38)32-20-21-13-15-23(16-14-21)27(35)34-25(28(36)37)12-8-6-4-5-7-11-24-18-17-22-10-9-19-31-26(22)33-24/h17-18,21,23,25H,4-16,19-20H2,1-3H3,(H,31,33)(H,32,38)(H,34,35)(H,36,37)/t21?,23?,25-/m0/s1. The molecule has 0 unspecified atom stereocenters. The Morgan fingerprint density at radius 1 is 1.08 bits per heavy atom. The summed E-state index contributed by atoms with van der Waals surface area (Å²) in [6.45, 7) is 7.01. The number of anilines is 1. The number of carboxylic acids is 1. The van der Waals surface area contributed by atoms with Crippen molar-refractivity contribution >= 4 is 23.8 Å². The largest absolute Gasteiger partial charge is 0.480 e. The molecule has 9 nitrogen and oxygen atoms in total. The molecule has 2 amide bonds. The zero-order valence-electron chi connectivity index (χ0n) is 24.0. The third kappa shape index (κ3) is 11.0. The number of aliphatic carboxylic acids is 1. The number of unbranched alkanes of at least 4 members (excludes halogenated alkanes) is 4. The summed E-state index contributed by atoms with van der Waals surface area (Å²) in [4.78, 5) is 41.1. The molecule has 1 fully saturated rings. The van der Waals surface area contributed by atoms with Crippen molar-refractivity contribution < 1.29 is 24.2 Å². The van der Waals surface area contributed by atoms with Crippen LogP contribution in [0.4, 0.5) is 10.6 Å². The number of carbonyl (C=O) groups excluding carboxylic acids is 2. The van der Waals surface area contributed by atoms with Crippen LogP contribution in [-0.2, 0) is 27.2 Å². The molecule has 3 rings (SSSR count). The number of rotatable bonds is 13. The quantitative estimate of drug-likeness (QED) is 0.250. The smallest absolute Gasteiger partial charge is 0.407 e. The molecule has 9 heteroatoms. The van der Waals surface area contributed by atoms with Gasteiger partial charge in [0, 0.05) is 24.7 Å². The molecule has 2 aliphatic rings. The third-order valence-corrected chi connectivity index (χ3v) is 7.64. The Labute approximate surface area is 233 Å². The first-order valence-corrected chi connectivity index (χ1v) is 14.8. The van der Waals surface area contributed by atoms with Crippen molar-refractivity contribution in [1.29, 1.82) is 0 Å². The number of nitrogens with zero attached hydrogens (tertiary/aromatic N) is 1. The van der Waals surface area contributed by atoms with Gasteiger partial charge in [-0.15, -0.1) is 0 Å². The van der Waals surface area contributed by atoms with Gasteiger partial charge in [-0.05, 0) is 96.1 Å². The van der Waals surface area contributed by atoms with E-state index < -0.39 is 23.7 Å². The average Bonchev–Trinajstić information content (AvgIpc) is 2.89. The van der Waals surface area contributed by atoms with Gasteiger partial charge in [0.25, 0.3) is 0 Å². The van der Waals surface area contributed by atoms with Crippen molar-refractivity contribution in [3.8, 4) is 0 Å². The van der Waals surface area contributed by atoms with Crippen molar-refractivity contribution in [3.63, 3.8) is 0 Å². The highest BCUT2D eigenvalue weighted by molar-refractivity contribution is 5.85. The minimum Gasteiger partial charge on any atom is -0.480 e. The van der Waals surface area contributed by atoms with Gasteiger partial charge in [-0.25, -0.2) is 14.6 Å². The first kappa shape index (κ1) is 30.7. The van der Waals surface area contributed by atoms with Crippen molar-refractivity contribution in [1.82, 2.24) is 15.6 Å². The molecule has 0 bridgehead atoms. The van der Waals surface area contributed by atoms with Crippen molar-refractivity contribution in [2.75, 3.05) is 18.4 Å². The monoisotopic (exact) mass is 544 g/mol. The lowest BCUT2D eigenvalue weighted by atomic mass is 9.81. The Hall–Kier alpha value is -2.84. The fourth-order valence-corrected chi connectivity index (χ4v) is 5.41. The highest BCUT2D eigenvalue weighted by atomic mass is 16.6. The van der Waals surface area contributed by atoms with Gasteiger partial charge in [0.05, 0.1) is 0 Å². The molecule has 1 aliphatic carbocycles. The van der Waals surface area contributed by atoms with Gasteiger partial charge in [0.2, 0.25) is 5.91 Å². The lowest BCUT2D eigenvalue weighted by molar-refractivity contribution is -0.143. The number of amides is 2. The Kier molecular flexibility index (Phi) is 11.9. The molecule has 1 saturated carbocycles. The van der Waals surface area contributed by atoms with Crippen LogP contribution in [0.3, 0.4) is 0 Å². The lowest BCUT2D eigenvalue weighted by Crippen LogP contribution is -2.44. The maximum absolute atomic E-state index is 12.8. The van der Waals surface area contributed by atoms with E-state index in [0.29, 0.717) is 31.7 Å². The summed E-state index contributed by atoms with van der Waals surface area (Å²) in [5.41, 5.74) is 1.91. The van der Waals surface area contributed by atoms with E-state index in [1.54, 1.807) is 0 Å². The minimum atomic E-state index is -0.967. The Balaban J connectivity index is 1.27. The van der Waals surface area contributed by atoms with Gasteiger partial charge >= 0.3 is 12.1 Å². The van der Waals surface area contributed by atoms with Crippen LogP contribution in [0.15, 0.2) is 12.1 Å². The highest BCUT2D eigenvalue weighted by Crippen LogP contribution is 2.29. The molecule has 0 aromatic carbocycles. The summed E-state index contributed by atoms with van der Waals surface area (Å²) in [6, 6.07) is 3.50. The predicted molar refractivity (Wildman–Crippen MR) is 152 cm³/mol. The number of hydrogen-bond donors (Lipinski definition) is 4. The topological polar surface area (TPSA) is 130 Å². The zero-order chi connectivity index (χ0) is 28.3. The van der Waals surface area contributed by atoms with Gasteiger partial charge in [0.1, 0.15) is 17.5 Å². The molecule has 1 atom stereocenters. The molecule has 0 spiro atoms. The number of pyridine rings is 1. The summed E-state index contributed by atoms with van der Waals surface area (Å²) in [6.07, 6.45) is 11.2. The Morgan fingerprint density at radius 2 is 1.79 bits per heavy atom. The Bertz CT molecular complexity index is 953. The number of aryl methyl sites for hydroxylation is 2. The van der Waals surface area contributed by atoms with Crippen molar-refractivity contribution in [3.05, 3.63) is 23.4 Å². The number of carbonyl (C=O) groups is 3. The molecular weight excluding hydrogens is 496 g/mol. The molecule has 2 heterocycles. The first-order valence-electron chi connectivity index (χ1n) is 14.8. The molecule has 1 aromatic rings. The van der Waals surface area contributed by atoms with Crippen LogP contribution in [0.2, 0.25) is 0 Å². The van der Waals surface area contributed by atoms with Crippen LogP contribution in [0.1, 0.15) is 103 Å². The van der Waals surface area contributed by atoms with Gasteiger partial charge < -0.3 is 25.8 Å². The summed E-state index contributed by atoms with van der Waals surface area (Å²) >= 11 is 0. The van der Waals surface area contributed by atoms with E-state index in [1.165, 1.54) is 5.56 Å². The molecule has 0 radical (unpaired) electrons. The van der Waals surface area contributed by atoms with E-state index in [2.05, 4.69) is 28.1 Å². The molecule has 39 heavy (non-hydrogen) atoms. The number of ether oxygens (including phenoxy) is 1. The highest BCUT2D eigenvalue weighted by Gasteiger charge is 2.29. The van der Waals surface area contributed by atoms with E-state index in [1.807, 2.05) is 20.8 Å². The molecule has 0 saturated heterocycles. The summed E-state index contributed by atoms with van der Waals surface area (Å²) in [5, 5.41) is 18.6. The zero-order valence-corrected chi connectivity index (χ0v) is 24.0. The number of hydrogen-bond acceptors (Lipinski definition) is 6. The second kappa shape index (κ2) is 15.1. The normalized spacial score (nSPS) is 19.8. The summed E-state index contributed by atoms with van der Waals surface area (Å²) in [7, 11) is 0. The number of alkyl carbamates (subject to hydrolysis) is 1. The molecule has 1 aromatic heterocycles. The van der Waals surface area contributed by atoms with E-state index in [0.717, 1.165) is 82.3 Å². The van der Waals surface area contributed by atoms with Crippen LogP contribution in [0.25, 0.3) is 0 Å². The molecule has 1 aliphatic heterocycles. The van der Waals surface area contributed by atoms with Crippen LogP contribution in [-0.4, -0.2) is 52.8 Å². The third-order valence-electron chi connectivity index (χ3n) is 7.64. The van der Waals surface area contributed by atoms with Crippen LogP contribution < -0.4 is 16.0 Å². The molecular formula is C30H48N4O5. The molecule has 218 valence electrons. The van der Waals surface area contributed by atoms with E-state index in [9.17, 15) is 19.5 Å². The summed E-state index contributed by atoms with van der Waals surface area (Å²) in [5.74, 6) is 0.0519. The SMILES string of the molecule is CC(C)(C)OC(=O)NCC1CCC(C(=O)N[C@@H](CCCCCCCc2ccc3c(n2)NCCC3)C(=O)O)CC1. The average molecular weight is 545 g/mol. The van der Waals surface area contributed by atoms with E-state index >= 15 is 0 Å². The number of nitrogens with one attached hydrogen (secondary N) is 3. The number of aromatic nitrogens is 1. The number of fused-ring (bicyclic) bond motifs is 1. The first-order chi connectivity index (χ1) is 18.6. The maximum atomic E-state index is 12.8. The van der Waals surface area contributed by atoms with Crippen molar-refractivity contribution in [2.24, 2.45) is 11.8 Å². The number of carboxylic acid groups (broad SMARTS) is 1. The van der Waals surface area contributed by atoms with Crippen LogP contribution in [0.5, 0.6) is 0 Å². The van der Waals surface area contributed by atoms with Crippen LogP contribution >= 0.6 is 0 Å². The van der Waals surface area contributed by atoms with E-state index in [-0.39, 0.29) is 11.8 Å². The predicted octanol–water partition coefficient (Wildman–Crippen LogP) is 5.22. The summed E-state index contributed by atoms with van der Waals surface area (Å²) < 4.78 is 5.27. The minimum absolute atomic E-state index is 0.159. The fraction of sp³-hybridized carbons (Fsp3) is 0.733. The van der Waals surface area contributed by atoms with Gasteiger partial charge in [0.15, 0.2) is 0 Å². The Morgan fingerprint density at radius 3 is 2.51 bits per heavy atom.